The van der Waals surface area contributed by atoms with E-state index in [9.17, 15) is 4.79 Å². The number of nitrogens with zero attached hydrogens (tertiary/aromatic N) is 5. The number of aryl methyl sites for hydroxylation is 2. The van der Waals surface area contributed by atoms with Gasteiger partial charge in [0.05, 0.1) is 24.2 Å². The fourth-order valence-corrected chi connectivity index (χ4v) is 3.73. The zero-order valence-corrected chi connectivity index (χ0v) is 14.4. The molecule has 1 fully saturated rings. The maximum Gasteiger partial charge on any atom is 0.230 e. The molecule has 23 heavy (non-hydrogen) atoms. The molecule has 1 saturated heterocycles. The first-order chi connectivity index (χ1) is 11.0. The van der Waals surface area contributed by atoms with Crippen molar-refractivity contribution in [1.29, 1.82) is 0 Å². The Balaban J connectivity index is 1.78. The summed E-state index contributed by atoms with van der Waals surface area (Å²) in [5.74, 6) is 0.0563. The van der Waals surface area contributed by atoms with Crippen LogP contribution in [0.15, 0.2) is 18.5 Å². The molecule has 3 heterocycles. The van der Waals surface area contributed by atoms with Gasteiger partial charge in [-0.1, -0.05) is 0 Å². The maximum atomic E-state index is 13.1. The van der Waals surface area contributed by atoms with Gasteiger partial charge in [0.25, 0.3) is 0 Å². The van der Waals surface area contributed by atoms with Gasteiger partial charge < -0.3 is 4.90 Å². The van der Waals surface area contributed by atoms with Gasteiger partial charge in [-0.2, -0.15) is 10.2 Å². The molecule has 0 N–H and O–H groups in total. The first-order valence-corrected chi connectivity index (χ1v) is 8.27. The third-order valence-electron chi connectivity index (χ3n) is 4.99. The van der Waals surface area contributed by atoms with E-state index in [0.717, 1.165) is 42.9 Å². The van der Waals surface area contributed by atoms with E-state index in [1.807, 2.05) is 54.3 Å². The van der Waals surface area contributed by atoms with Crippen molar-refractivity contribution < 1.29 is 4.79 Å². The van der Waals surface area contributed by atoms with Crippen LogP contribution in [-0.4, -0.2) is 43.0 Å². The molecule has 0 radical (unpaired) electrons. The second kappa shape index (κ2) is 6.18. The highest BCUT2D eigenvalue weighted by atomic mass is 16.2. The normalized spacial score (nSPS) is 19.3. The predicted octanol–water partition coefficient (Wildman–Crippen LogP) is 2.03. The van der Waals surface area contributed by atoms with Crippen LogP contribution < -0.4 is 0 Å². The van der Waals surface area contributed by atoms with E-state index in [-0.39, 0.29) is 17.9 Å². The molecule has 2 unspecified atom stereocenters. The van der Waals surface area contributed by atoms with Crippen molar-refractivity contribution in [2.75, 3.05) is 6.54 Å². The summed E-state index contributed by atoms with van der Waals surface area (Å²) in [6.45, 7) is 7.63. The van der Waals surface area contributed by atoms with Gasteiger partial charge in [0.1, 0.15) is 0 Å². The van der Waals surface area contributed by atoms with Crippen molar-refractivity contribution in [2.24, 2.45) is 7.05 Å². The maximum absolute atomic E-state index is 13.1. The molecule has 0 spiro atoms. The van der Waals surface area contributed by atoms with Crippen LogP contribution in [0, 0.1) is 13.8 Å². The summed E-state index contributed by atoms with van der Waals surface area (Å²) in [6, 6.07) is 2.16. The zero-order valence-electron chi connectivity index (χ0n) is 14.4. The first kappa shape index (κ1) is 15.8. The minimum absolute atomic E-state index is 0.151. The van der Waals surface area contributed by atoms with Gasteiger partial charge in [-0.15, -0.1) is 0 Å². The molecule has 2 aromatic rings. The van der Waals surface area contributed by atoms with Crippen molar-refractivity contribution in [3.63, 3.8) is 0 Å². The summed E-state index contributed by atoms with van der Waals surface area (Å²) in [4.78, 5) is 15.1. The molecule has 3 rings (SSSR count). The molecule has 0 bridgehead atoms. The summed E-state index contributed by atoms with van der Waals surface area (Å²) >= 11 is 0. The number of amides is 1. The van der Waals surface area contributed by atoms with Gasteiger partial charge in [-0.25, -0.2) is 0 Å². The molecule has 0 aliphatic carbocycles. The Bertz CT molecular complexity index is 688. The number of hydrogen-bond acceptors (Lipinski definition) is 3. The van der Waals surface area contributed by atoms with Gasteiger partial charge in [-0.3, -0.25) is 14.2 Å². The van der Waals surface area contributed by atoms with Gasteiger partial charge >= 0.3 is 0 Å². The lowest BCUT2D eigenvalue weighted by Crippen LogP contribution is -2.40. The minimum atomic E-state index is -0.151. The number of carbonyl (C=O) groups excluding carboxylic acids is 1. The quantitative estimate of drug-likeness (QED) is 0.867. The highest BCUT2D eigenvalue weighted by Gasteiger charge is 2.34. The Morgan fingerprint density at radius 1 is 1.43 bits per heavy atom. The van der Waals surface area contributed by atoms with Crippen molar-refractivity contribution in [1.82, 2.24) is 24.5 Å². The van der Waals surface area contributed by atoms with Crippen molar-refractivity contribution >= 4 is 5.91 Å². The molecule has 1 aliphatic heterocycles. The van der Waals surface area contributed by atoms with Crippen LogP contribution in [0.3, 0.4) is 0 Å². The summed E-state index contributed by atoms with van der Waals surface area (Å²) in [5.41, 5.74) is 3.10. The standard InChI is InChI=1S/C17H25N5O/c1-12(16-13(2)19-20(4)14(16)3)17(23)22-10-5-7-15(22)11-21-9-6-8-18-21/h6,8-9,12,15H,5,7,10-11H2,1-4H3. The lowest BCUT2D eigenvalue weighted by Gasteiger charge is -2.28. The third-order valence-corrected chi connectivity index (χ3v) is 4.99. The van der Waals surface area contributed by atoms with Crippen LogP contribution in [0.2, 0.25) is 0 Å². The molecular weight excluding hydrogens is 290 g/mol. The van der Waals surface area contributed by atoms with Gasteiger partial charge in [0.2, 0.25) is 5.91 Å². The fourth-order valence-electron chi connectivity index (χ4n) is 3.73. The molecule has 124 valence electrons. The highest BCUT2D eigenvalue weighted by Crippen LogP contribution is 2.28. The first-order valence-electron chi connectivity index (χ1n) is 8.27. The Labute approximate surface area is 137 Å². The van der Waals surface area contributed by atoms with Crippen molar-refractivity contribution in [3.05, 3.63) is 35.4 Å². The van der Waals surface area contributed by atoms with Crippen molar-refractivity contribution in [3.8, 4) is 0 Å². The molecule has 0 saturated carbocycles. The largest absolute Gasteiger partial charge is 0.337 e. The van der Waals surface area contributed by atoms with E-state index in [1.54, 1.807) is 6.20 Å². The van der Waals surface area contributed by atoms with Crippen LogP contribution in [0.1, 0.15) is 42.6 Å². The SMILES string of the molecule is Cc1nn(C)c(C)c1C(C)C(=O)N1CCCC1Cn1cccn1. The average molecular weight is 315 g/mol. The Kier molecular flexibility index (Phi) is 4.24. The molecule has 6 heteroatoms. The summed E-state index contributed by atoms with van der Waals surface area (Å²) in [5, 5.41) is 8.73. The van der Waals surface area contributed by atoms with E-state index in [1.165, 1.54) is 0 Å². The Morgan fingerprint density at radius 3 is 2.83 bits per heavy atom. The fraction of sp³-hybridized carbons (Fsp3) is 0.588. The number of aromatic nitrogens is 4. The van der Waals surface area contributed by atoms with E-state index in [0.29, 0.717) is 0 Å². The minimum Gasteiger partial charge on any atom is -0.337 e. The summed E-state index contributed by atoms with van der Waals surface area (Å²) < 4.78 is 3.78. The smallest absolute Gasteiger partial charge is 0.230 e. The third kappa shape index (κ3) is 2.90. The van der Waals surface area contributed by atoms with E-state index >= 15 is 0 Å². The van der Waals surface area contributed by atoms with Gasteiger partial charge in [-0.05, 0) is 39.7 Å². The van der Waals surface area contributed by atoms with E-state index in [4.69, 9.17) is 0 Å². The summed E-state index contributed by atoms with van der Waals surface area (Å²) in [6.07, 6.45) is 5.85. The second-order valence-corrected chi connectivity index (χ2v) is 6.49. The van der Waals surface area contributed by atoms with Crippen LogP contribution >= 0.6 is 0 Å². The van der Waals surface area contributed by atoms with Crippen LogP contribution in [0.25, 0.3) is 0 Å². The summed E-state index contributed by atoms with van der Waals surface area (Å²) in [7, 11) is 1.93. The van der Waals surface area contributed by atoms with E-state index in [2.05, 4.69) is 10.2 Å². The number of hydrogen-bond donors (Lipinski definition) is 0. The molecule has 2 atom stereocenters. The van der Waals surface area contributed by atoms with Crippen molar-refractivity contribution in [2.45, 2.75) is 52.1 Å². The van der Waals surface area contributed by atoms with Gasteiger partial charge in [0, 0.05) is 37.2 Å². The molecule has 6 nitrogen and oxygen atoms in total. The zero-order chi connectivity index (χ0) is 16.6. The average Bonchev–Trinajstić information content (AvgIpc) is 3.22. The lowest BCUT2D eigenvalue weighted by molar-refractivity contribution is -0.133. The van der Waals surface area contributed by atoms with Crippen LogP contribution in [-0.2, 0) is 18.4 Å². The predicted molar refractivity (Wildman–Crippen MR) is 88.1 cm³/mol. The Hall–Kier alpha value is -2.11. The molecule has 1 amide bonds. The second-order valence-electron chi connectivity index (χ2n) is 6.49. The molecule has 1 aliphatic rings. The molecule has 2 aromatic heterocycles. The highest BCUT2D eigenvalue weighted by molar-refractivity contribution is 5.84. The number of rotatable bonds is 4. The topological polar surface area (TPSA) is 56.0 Å². The molecular formula is C17H25N5O. The van der Waals surface area contributed by atoms with Crippen LogP contribution in [0.5, 0.6) is 0 Å². The van der Waals surface area contributed by atoms with E-state index < -0.39 is 0 Å². The van der Waals surface area contributed by atoms with Crippen LogP contribution in [0.4, 0.5) is 0 Å². The molecule has 0 aromatic carbocycles. The lowest BCUT2D eigenvalue weighted by atomic mass is 9.97. The number of likely N-dealkylation sites (tertiary alicyclic amines) is 1. The monoisotopic (exact) mass is 315 g/mol. The van der Waals surface area contributed by atoms with Gasteiger partial charge in [0.15, 0.2) is 0 Å². The Morgan fingerprint density at radius 2 is 2.22 bits per heavy atom. The number of carbonyl (C=O) groups is 1.